The van der Waals surface area contributed by atoms with E-state index >= 15 is 0 Å². The minimum Gasteiger partial charge on any atom is -0.370 e. The number of aromatic nitrogens is 2. The maximum absolute atomic E-state index is 12.1. The third kappa shape index (κ3) is 3.74. The van der Waals surface area contributed by atoms with Gasteiger partial charge in [0.25, 0.3) is 0 Å². The number of amides is 1. The largest absolute Gasteiger partial charge is 0.370 e. The van der Waals surface area contributed by atoms with Crippen LogP contribution in [0.25, 0.3) is 0 Å². The predicted octanol–water partition coefficient (Wildman–Crippen LogP) is 2.87. The van der Waals surface area contributed by atoms with Crippen molar-refractivity contribution < 1.29 is 4.79 Å². The quantitative estimate of drug-likeness (QED) is 0.859. The van der Waals surface area contributed by atoms with E-state index in [1.807, 2.05) is 18.2 Å². The predicted molar refractivity (Wildman–Crippen MR) is 87.2 cm³/mol. The minimum absolute atomic E-state index is 0.0122. The molecule has 5 nitrogen and oxygen atoms in total. The first-order chi connectivity index (χ1) is 10.3. The number of benzene rings is 1. The van der Waals surface area contributed by atoms with Gasteiger partial charge in [0.2, 0.25) is 5.91 Å². The number of nitrogens with one attached hydrogen (secondary N) is 1. The molecule has 0 radical (unpaired) electrons. The maximum atomic E-state index is 12.1. The number of carbonyl (C=O) groups excluding carboxylic acids is 1. The fraction of sp³-hybridized carbons (Fsp3) is 0.357. The molecule has 1 saturated heterocycles. The number of anilines is 2. The molecule has 1 amide bonds. The third-order valence-electron chi connectivity index (χ3n) is 3.29. The van der Waals surface area contributed by atoms with Crippen molar-refractivity contribution in [2.45, 2.75) is 17.2 Å². The highest BCUT2D eigenvalue weighted by Crippen LogP contribution is 2.29. The van der Waals surface area contributed by atoms with Crippen molar-refractivity contribution in [2.24, 2.45) is 0 Å². The smallest absolute Gasteiger partial charge is 0.234 e. The number of para-hydroxylation sites is 2. The lowest BCUT2D eigenvalue weighted by Crippen LogP contribution is -2.21. The third-order valence-corrected chi connectivity index (χ3v) is 5.15. The Balaban J connectivity index is 1.62. The van der Waals surface area contributed by atoms with Gasteiger partial charge < -0.3 is 10.2 Å². The van der Waals surface area contributed by atoms with Crippen molar-refractivity contribution in [3.63, 3.8) is 0 Å². The highest BCUT2D eigenvalue weighted by Gasteiger charge is 2.16. The van der Waals surface area contributed by atoms with E-state index < -0.39 is 0 Å². The van der Waals surface area contributed by atoms with Crippen LogP contribution in [-0.4, -0.2) is 34.9 Å². The van der Waals surface area contributed by atoms with Crippen molar-refractivity contribution in [3.8, 4) is 0 Å². The zero-order valence-corrected chi connectivity index (χ0v) is 13.1. The molecule has 1 aromatic carbocycles. The number of carbonyl (C=O) groups is 1. The molecule has 0 saturated carbocycles. The molecule has 1 fully saturated rings. The Labute approximate surface area is 131 Å². The monoisotopic (exact) mass is 320 g/mol. The van der Waals surface area contributed by atoms with Crippen LogP contribution in [0.15, 0.2) is 34.1 Å². The molecule has 2 aromatic rings. The lowest BCUT2D eigenvalue weighted by molar-refractivity contribution is -0.113. The molecular weight excluding hydrogens is 304 g/mol. The van der Waals surface area contributed by atoms with Crippen LogP contribution in [0.5, 0.6) is 0 Å². The van der Waals surface area contributed by atoms with Crippen LogP contribution in [0.1, 0.15) is 12.8 Å². The van der Waals surface area contributed by atoms with Crippen molar-refractivity contribution >= 4 is 40.4 Å². The summed E-state index contributed by atoms with van der Waals surface area (Å²) in [7, 11) is 0. The lowest BCUT2D eigenvalue weighted by atomic mass is 10.2. The van der Waals surface area contributed by atoms with Crippen LogP contribution in [-0.2, 0) is 4.79 Å². The standard InChI is InChI=1S/C14H16N4OS2/c19-13(9-20-14-17-15-10-21-14)16-11-5-1-2-6-12(11)18-7-3-4-8-18/h1-2,5-6,10H,3-4,7-9H2,(H,16,19). The molecule has 1 N–H and O–H groups in total. The average Bonchev–Trinajstić information content (AvgIpc) is 3.19. The summed E-state index contributed by atoms with van der Waals surface area (Å²) in [5.41, 5.74) is 3.68. The number of rotatable bonds is 5. The van der Waals surface area contributed by atoms with E-state index in [4.69, 9.17) is 0 Å². The van der Waals surface area contributed by atoms with Crippen LogP contribution < -0.4 is 10.2 Å². The van der Waals surface area contributed by atoms with Crippen molar-refractivity contribution in [2.75, 3.05) is 29.1 Å². The van der Waals surface area contributed by atoms with Crippen LogP contribution in [0.2, 0.25) is 0 Å². The van der Waals surface area contributed by atoms with E-state index in [2.05, 4.69) is 26.5 Å². The molecular formula is C14H16N4OS2. The number of hydrogen-bond donors (Lipinski definition) is 1. The van der Waals surface area contributed by atoms with Gasteiger partial charge >= 0.3 is 0 Å². The second-order valence-corrected chi connectivity index (χ2v) is 6.81. The summed E-state index contributed by atoms with van der Waals surface area (Å²) in [4.78, 5) is 14.4. The number of nitrogens with zero attached hydrogens (tertiary/aromatic N) is 3. The Morgan fingerprint density at radius 2 is 2.14 bits per heavy atom. The SMILES string of the molecule is O=C(CSc1nncs1)Nc1ccccc1N1CCCC1. The molecule has 2 heterocycles. The first-order valence-corrected chi connectivity index (χ1v) is 8.72. The topological polar surface area (TPSA) is 58.1 Å². The number of thioether (sulfide) groups is 1. The Bertz CT molecular complexity index is 597. The molecule has 21 heavy (non-hydrogen) atoms. The van der Waals surface area contributed by atoms with Crippen molar-refractivity contribution in [1.29, 1.82) is 0 Å². The second kappa shape index (κ2) is 6.91. The van der Waals surface area contributed by atoms with Gasteiger partial charge in [-0.25, -0.2) is 0 Å². The van der Waals surface area contributed by atoms with Gasteiger partial charge in [0.05, 0.1) is 17.1 Å². The molecule has 0 aliphatic carbocycles. The molecule has 1 aromatic heterocycles. The summed E-state index contributed by atoms with van der Waals surface area (Å²) in [5, 5.41) is 10.7. The van der Waals surface area contributed by atoms with E-state index in [9.17, 15) is 4.79 Å². The van der Waals surface area contributed by atoms with Gasteiger partial charge in [-0.2, -0.15) is 0 Å². The Morgan fingerprint density at radius 3 is 2.90 bits per heavy atom. The summed E-state index contributed by atoms with van der Waals surface area (Å²) >= 11 is 2.86. The van der Waals surface area contributed by atoms with E-state index in [-0.39, 0.29) is 5.91 Å². The Hall–Kier alpha value is -1.60. The number of hydrogen-bond acceptors (Lipinski definition) is 6. The molecule has 1 aliphatic heterocycles. The molecule has 1 aliphatic rings. The van der Waals surface area contributed by atoms with E-state index in [0.717, 1.165) is 28.8 Å². The zero-order chi connectivity index (χ0) is 14.5. The fourth-order valence-electron chi connectivity index (χ4n) is 2.35. The molecule has 0 bridgehead atoms. The average molecular weight is 320 g/mol. The Morgan fingerprint density at radius 1 is 1.33 bits per heavy atom. The van der Waals surface area contributed by atoms with Gasteiger partial charge in [0.1, 0.15) is 5.51 Å². The van der Waals surface area contributed by atoms with Gasteiger partial charge in [-0.1, -0.05) is 35.2 Å². The van der Waals surface area contributed by atoms with Gasteiger partial charge in [-0.05, 0) is 25.0 Å². The Kier molecular flexibility index (Phi) is 4.72. The first-order valence-electron chi connectivity index (χ1n) is 6.86. The molecule has 0 spiro atoms. The molecule has 7 heteroatoms. The summed E-state index contributed by atoms with van der Waals surface area (Å²) in [6, 6.07) is 7.99. The summed E-state index contributed by atoms with van der Waals surface area (Å²) < 4.78 is 0.818. The summed E-state index contributed by atoms with van der Waals surface area (Å²) in [5.74, 6) is 0.339. The van der Waals surface area contributed by atoms with Gasteiger partial charge in [0.15, 0.2) is 4.34 Å². The van der Waals surface area contributed by atoms with Gasteiger partial charge in [0, 0.05) is 13.1 Å². The van der Waals surface area contributed by atoms with Crippen LogP contribution >= 0.6 is 23.1 Å². The van der Waals surface area contributed by atoms with E-state index in [0.29, 0.717) is 5.75 Å². The van der Waals surface area contributed by atoms with Gasteiger partial charge in [-0.15, -0.1) is 10.2 Å². The first kappa shape index (κ1) is 14.3. The zero-order valence-electron chi connectivity index (χ0n) is 11.5. The summed E-state index contributed by atoms with van der Waals surface area (Å²) in [6.07, 6.45) is 2.43. The van der Waals surface area contributed by atoms with Crippen LogP contribution in [0.3, 0.4) is 0 Å². The molecule has 3 rings (SSSR count). The van der Waals surface area contributed by atoms with Crippen molar-refractivity contribution in [1.82, 2.24) is 10.2 Å². The highest BCUT2D eigenvalue weighted by molar-refractivity contribution is 8.01. The second-order valence-electron chi connectivity index (χ2n) is 4.75. The van der Waals surface area contributed by atoms with Gasteiger partial charge in [-0.3, -0.25) is 4.79 Å². The minimum atomic E-state index is -0.0122. The maximum Gasteiger partial charge on any atom is 0.234 e. The van der Waals surface area contributed by atoms with E-state index in [1.165, 1.54) is 35.9 Å². The van der Waals surface area contributed by atoms with E-state index in [1.54, 1.807) is 5.51 Å². The van der Waals surface area contributed by atoms with Crippen molar-refractivity contribution in [3.05, 3.63) is 29.8 Å². The molecule has 0 atom stereocenters. The fourth-order valence-corrected chi connectivity index (χ4v) is 3.64. The van der Waals surface area contributed by atoms with Crippen LogP contribution in [0, 0.1) is 0 Å². The summed E-state index contributed by atoms with van der Waals surface area (Å²) in [6.45, 7) is 2.12. The molecule has 110 valence electrons. The lowest BCUT2D eigenvalue weighted by Gasteiger charge is -2.21. The normalized spacial score (nSPS) is 14.4. The molecule has 0 unspecified atom stereocenters. The van der Waals surface area contributed by atoms with Crippen LogP contribution in [0.4, 0.5) is 11.4 Å². The highest BCUT2D eigenvalue weighted by atomic mass is 32.2.